The van der Waals surface area contributed by atoms with Gasteiger partial charge in [-0.25, -0.2) is 0 Å². The summed E-state index contributed by atoms with van der Waals surface area (Å²) in [4.78, 5) is 61.4. The minimum absolute atomic E-state index is 0.0699. The molecule has 0 aliphatic carbocycles. The molecule has 2 fully saturated rings. The van der Waals surface area contributed by atoms with Gasteiger partial charge in [0, 0.05) is 25.6 Å². The Labute approximate surface area is 302 Å². The maximum absolute atomic E-state index is 15.3. The maximum atomic E-state index is 15.3. The first-order valence-electron chi connectivity index (χ1n) is 18.4. The topological polar surface area (TPSA) is 135 Å². The second-order valence-corrected chi connectivity index (χ2v) is 16.5. The van der Waals surface area contributed by atoms with Crippen LogP contribution in [0.1, 0.15) is 85.8 Å². The highest BCUT2D eigenvalue weighted by atomic mass is 16.6. The fourth-order valence-corrected chi connectivity index (χ4v) is 8.91. The van der Waals surface area contributed by atoms with Crippen LogP contribution in [0.2, 0.25) is 0 Å². The molecule has 3 amide bonds. The Balaban J connectivity index is 1.67. The quantitative estimate of drug-likeness (QED) is 0.286. The molecule has 4 aliphatic rings. The number of hydrogen-bond donors (Lipinski definition) is 2. The summed E-state index contributed by atoms with van der Waals surface area (Å²) in [5.74, 6) is -3.89. The molecular weight excluding hydrogens is 650 g/mol. The first-order chi connectivity index (χ1) is 24.1. The second-order valence-electron chi connectivity index (χ2n) is 16.5. The minimum Gasteiger partial charge on any atom is -0.455 e. The number of ether oxygens (including phenoxy) is 3. The summed E-state index contributed by atoms with van der Waals surface area (Å²) >= 11 is 0. The van der Waals surface area contributed by atoms with E-state index in [9.17, 15) is 19.5 Å². The van der Waals surface area contributed by atoms with Crippen molar-refractivity contribution in [1.82, 2.24) is 15.1 Å². The molecule has 11 nitrogen and oxygen atoms in total. The summed E-state index contributed by atoms with van der Waals surface area (Å²) < 4.78 is 18.5. The number of carbonyl (C=O) groups excluding carboxylic acids is 4. The Kier molecular flexibility index (Phi) is 11.5. The van der Waals surface area contributed by atoms with Gasteiger partial charge in [-0.2, -0.15) is 0 Å². The van der Waals surface area contributed by atoms with Gasteiger partial charge in [-0.15, -0.1) is 0 Å². The first kappa shape index (κ1) is 38.7. The van der Waals surface area contributed by atoms with Crippen LogP contribution in [0.15, 0.2) is 54.6 Å². The zero-order valence-corrected chi connectivity index (χ0v) is 31.5. The first-order valence-corrected chi connectivity index (χ1v) is 18.4. The van der Waals surface area contributed by atoms with Gasteiger partial charge in [0.1, 0.15) is 23.7 Å². The van der Waals surface area contributed by atoms with Gasteiger partial charge in [0.15, 0.2) is 0 Å². The van der Waals surface area contributed by atoms with E-state index in [0.717, 1.165) is 0 Å². The molecule has 1 aromatic carbocycles. The van der Waals surface area contributed by atoms with Crippen molar-refractivity contribution in [2.45, 2.75) is 116 Å². The lowest BCUT2D eigenvalue weighted by Crippen LogP contribution is -2.63. The third kappa shape index (κ3) is 7.53. The molecule has 2 N–H and O–H groups in total. The molecule has 0 saturated carbocycles. The Hall–Kier alpha value is -3.54. The number of benzene rings is 1. The Morgan fingerprint density at radius 2 is 1.76 bits per heavy atom. The number of fused-ring (bicyclic) bond motifs is 2. The Morgan fingerprint density at radius 3 is 2.39 bits per heavy atom. The lowest BCUT2D eigenvalue weighted by Gasteiger charge is -2.46. The van der Waals surface area contributed by atoms with Gasteiger partial charge >= 0.3 is 5.97 Å². The van der Waals surface area contributed by atoms with Crippen molar-refractivity contribution < 1.29 is 38.5 Å². The van der Waals surface area contributed by atoms with E-state index in [4.69, 9.17) is 14.2 Å². The number of aliphatic hydroxyl groups excluding tert-OH is 1. The minimum atomic E-state index is -1.44. The van der Waals surface area contributed by atoms with Crippen LogP contribution in [-0.4, -0.2) is 101 Å². The zero-order valence-electron chi connectivity index (χ0n) is 31.5. The number of carbonyl (C=O) groups is 4. The molecule has 5 rings (SSSR count). The summed E-state index contributed by atoms with van der Waals surface area (Å²) in [5.41, 5.74) is -1.59. The van der Waals surface area contributed by atoms with Crippen LogP contribution >= 0.6 is 0 Å². The van der Waals surface area contributed by atoms with Crippen molar-refractivity contribution in [3.8, 4) is 0 Å². The maximum Gasteiger partial charge on any atom is 0.313 e. The van der Waals surface area contributed by atoms with Crippen molar-refractivity contribution in [2.75, 3.05) is 26.9 Å². The normalized spacial score (nSPS) is 32.1. The van der Waals surface area contributed by atoms with E-state index >= 15 is 4.79 Å². The SMILES string of the molecule is CC[C@H](C)[C@H](CO)N1C(=O)[C@H]2[C@@H]3C(=O)O[C@H](c4ccccc4)[C@@H](COC)NC(=O)CC/C=C\CN(C(C)(C)CC(C)(C)C)C(=O)[C@H]1[C@@]21C=C[C@@H]3O1. The standard InChI is InChI=1S/C40H57N3O8/c1-9-25(2)28(22-44)43-34-36(47)42(39(6,7)24-38(3,4)5)21-15-11-14-18-30(45)41-27(23-49-8)33(26-16-12-10-13-17-26)50-37(48)31-29-19-20-40(34,51-29)32(31)35(43)46/h10-13,15-17,19-20,25,27-29,31-34,44H,9,14,18,21-24H2,1-8H3,(H,41,45)/b15-11-/t25-,27+,28-,29-,31+,32+,33+,34-,40+/m0/s1. The summed E-state index contributed by atoms with van der Waals surface area (Å²) in [5, 5.41) is 13.8. The van der Waals surface area contributed by atoms with Gasteiger partial charge in [-0.3, -0.25) is 19.2 Å². The predicted molar refractivity (Wildman–Crippen MR) is 192 cm³/mol. The third-order valence-electron chi connectivity index (χ3n) is 11.0. The van der Waals surface area contributed by atoms with Gasteiger partial charge in [0.05, 0.1) is 37.3 Å². The third-order valence-corrected chi connectivity index (χ3v) is 11.0. The fourth-order valence-electron chi connectivity index (χ4n) is 8.91. The van der Waals surface area contributed by atoms with Crippen molar-refractivity contribution in [3.05, 3.63) is 60.2 Å². The van der Waals surface area contributed by atoms with E-state index in [0.29, 0.717) is 24.8 Å². The molecule has 11 heteroatoms. The molecule has 5 bridgehead atoms. The van der Waals surface area contributed by atoms with Gasteiger partial charge in [0.25, 0.3) is 0 Å². The molecular formula is C40H57N3O8. The number of methoxy groups -OCH3 is 1. The molecule has 0 radical (unpaired) electrons. The van der Waals surface area contributed by atoms with Crippen LogP contribution in [0.4, 0.5) is 0 Å². The average Bonchev–Trinajstić information content (AvgIpc) is 3.71. The predicted octanol–water partition coefficient (Wildman–Crippen LogP) is 4.35. The van der Waals surface area contributed by atoms with Crippen molar-refractivity contribution >= 4 is 23.7 Å². The van der Waals surface area contributed by atoms with Gasteiger partial charge in [-0.1, -0.05) is 95.7 Å². The summed E-state index contributed by atoms with van der Waals surface area (Å²) in [6.07, 6.45) is 7.53. The number of rotatable bonds is 9. The number of amides is 3. The van der Waals surface area contributed by atoms with Gasteiger partial charge < -0.3 is 34.4 Å². The number of esters is 1. The number of allylic oxidation sites excluding steroid dienone is 1. The average molecular weight is 708 g/mol. The van der Waals surface area contributed by atoms with E-state index in [1.54, 1.807) is 17.1 Å². The number of cyclic esters (lactones) is 1. The lowest BCUT2D eigenvalue weighted by atomic mass is 9.74. The van der Waals surface area contributed by atoms with Crippen molar-refractivity contribution in [1.29, 1.82) is 0 Å². The summed E-state index contributed by atoms with van der Waals surface area (Å²) in [6.45, 7) is 14.3. The van der Waals surface area contributed by atoms with Crippen LogP contribution in [-0.2, 0) is 33.4 Å². The van der Waals surface area contributed by atoms with Crippen molar-refractivity contribution in [2.24, 2.45) is 23.2 Å². The zero-order chi connectivity index (χ0) is 37.3. The smallest absolute Gasteiger partial charge is 0.313 e. The number of aliphatic hydroxyl groups is 1. The largest absolute Gasteiger partial charge is 0.455 e. The molecule has 1 spiro atoms. The van der Waals surface area contributed by atoms with Crippen LogP contribution in [0, 0.1) is 23.2 Å². The van der Waals surface area contributed by atoms with Crippen LogP contribution in [0.3, 0.4) is 0 Å². The van der Waals surface area contributed by atoms with Crippen LogP contribution in [0.25, 0.3) is 0 Å². The highest BCUT2D eigenvalue weighted by Gasteiger charge is 2.74. The summed E-state index contributed by atoms with van der Waals surface area (Å²) in [7, 11) is 1.52. The van der Waals surface area contributed by atoms with Gasteiger partial charge in [-0.05, 0) is 43.6 Å². The van der Waals surface area contributed by atoms with Crippen molar-refractivity contribution in [3.63, 3.8) is 0 Å². The van der Waals surface area contributed by atoms with Crippen LogP contribution in [0.5, 0.6) is 0 Å². The van der Waals surface area contributed by atoms with E-state index in [1.165, 1.54) is 12.0 Å². The van der Waals surface area contributed by atoms with E-state index < -0.39 is 65.2 Å². The number of nitrogens with zero attached hydrogens (tertiary/aromatic N) is 2. The molecule has 1 aromatic rings. The summed E-state index contributed by atoms with van der Waals surface area (Å²) in [6, 6.07) is 6.61. The number of nitrogens with one attached hydrogen (secondary N) is 1. The van der Waals surface area contributed by atoms with E-state index in [2.05, 4.69) is 26.1 Å². The highest BCUT2D eigenvalue weighted by Crippen LogP contribution is 2.57. The number of hydrogen-bond acceptors (Lipinski definition) is 8. The van der Waals surface area contributed by atoms with E-state index in [-0.39, 0.29) is 49.3 Å². The molecule has 9 atom stereocenters. The van der Waals surface area contributed by atoms with Gasteiger partial charge in [0.2, 0.25) is 17.7 Å². The highest BCUT2D eigenvalue weighted by molar-refractivity contribution is 5.99. The van der Waals surface area contributed by atoms with E-state index in [1.807, 2.05) is 70.2 Å². The molecule has 2 saturated heterocycles. The van der Waals surface area contributed by atoms with Crippen LogP contribution < -0.4 is 5.32 Å². The molecule has 0 unspecified atom stereocenters. The number of likely N-dealkylation sites (tertiary alicyclic amines) is 1. The Bertz CT molecular complexity index is 1500. The molecule has 4 aliphatic heterocycles. The monoisotopic (exact) mass is 707 g/mol. The lowest BCUT2D eigenvalue weighted by molar-refractivity contribution is -0.163. The Morgan fingerprint density at radius 1 is 1.06 bits per heavy atom. The fraction of sp³-hybridized carbons (Fsp3) is 0.650. The molecule has 0 aromatic heterocycles. The molecule has 280 valence electrons. The molecule has 4 heterocycles. The molecule has 51 heavy (non-hydrogen) atoms. The second kappa shape index (κ2) is 15.2.